The molecule has 0 radical (unpaired) electrons. The van der Waals surface area contributed by atoms with E-state index < -0.39 is 5.60 Å². The number of piperidine rings is 1. The molecule has 1 aliphatic rings. The fourth-order valence-electron chi connectivity index (χ4n) is 2.63. The second-order valence-electron chi connectivity index (χ2n) is 6.93. The first kappa shape index (κ1) is 17.1. The van der Waals surface area contributed by atoms with Crippen LogP contribution in [0.4, 0.5) is 4.79 Å². The average Bonchev–Trinajstić information content (AvgIpc) is 2.48. The summed E-state index contributed by atoms with van der Waals surface area (Å²) < 4.78 is 7.01. The summed E-state index contributed by atoms with van der Waals surface area (Å²) >= 11 is 0. The van der Waals surface area contributed by atoms with Gasteiger partial charge in [0.05, 0.1) is 11.6 Å². The molecule has 0 unspecified atom stereocenters. The van der Waals surface area contributed by atoms with Crippen LogP contribution >= 0.6 is 0 Å². The largest absolute Gasteiger partial charge is 0.444 e. The van der Waals surface area contributed by atoms with Gasteiger partial charge in [0, 0.05) is 31.9 Å². The number of nitriles is 1. The van der Waals surface area contributed by atoms with Crippen LogP contribution in [-0.4, -0.2) is 34.3 Å². The van der Waals surface area contributed by atoms with Gasteiger partial charge >= 0.3 is 6.09 Å². The van der Waals surface area contributed by atoms with Gasteiger partial charge in [0.25, 0.3) is 5.56 Å². The zero-order valence-electron chi connectivity index (χ0n) is 13.9. The van der Waals surface area contributed by atoms with Crippen LogP contribution in [0, 0.1) is 17.2 Å². The summed E-state index contributed by atoms with van der Waals surface area (Å²) in [6, 6.07) is 4.97. The molecule has 0 N–H and O–H groups in total. The molecule has 1 aliphatic heterocycles. The lowest BCUT2D eigenvalue weighted by atomic mass is 9.97. The summed E-state index contributed by atoms with van der Waals surface area (Å²) in [5, 5.41) is 8.79. The van der Waals surface area contributed by atoms with Crippen molar-refractivity contribution in [2.24, 2.45) is 5.92 Å². The predicted molar refractivity (Wildman–Crippen MR) is 85.9 cm³/mol. The Morgan fingerprint density at radius 2 is 2.04 bits per heavy atom. The highest BCUT2D eigenvalue weighted by molar-refractivity contribution is 5.68. The summed E-state index contributed by atoms with van der Waals surface area (Å²) in [6.07, 6.45) is 3.07. The predicted octanol–water partition coefficient (Wildman–Crippen LogP) is 2.37. The normalized spacial score (nSPS) is 16.0. The fourth-order valence-corrected chi connectivity index (χ4v) is 2.63. The third-order valence-electron chi connectivity index (χ3n) is 3.85. The second kappa shape index (κ2) is 6.86. The monoisotopic (exact) mass is 317 g/mol. The maximum atomic E-state index is 12.0. The van der Waals surface area contributed by atoms with E-state index in [0.717, 1.165) is 12.8 Å². The van der Waals surface area contributed by atoms with Crippen molar-refractivity contribution < 1.29 is 9.53 Å². The Balaban J connectivity index is 1.89. The summed E-state index contributed by atoms with van der Waals surface area (Å²) in [4.78, 5) is 25.7. The number of amides is 1. The highest BCUT2D eigenvalue weighted by Crippen LogP contribution is 2.20. The van der Waals surface area contributed by atoms with Crippen LogP contribution in [0.3, 0.4) is 0 Å². The Kier molecular flexibility index (Phi) is 5.09. The highest BCUT2D eigenvalue weighted by atomic mass is 16.6. The molecular weight excluding hydrogens is 294 g/mol. The Labute approximate surface area is 136 Å². The van der Waals surface area contributed by atoms with Gasteiger partial charge in [-0.3, -0.25) is 4.79 Å². The van der Waals surface area contributed by atoms with E-state index in [0.29, 0.717) is 31.1 Å². The molecule has 6 heteroatoms. The number of aromatic nitrogens is 1. The third kappa shape index (κ3) is 4.85. The number of carbonyl (C=O) groups is 1. The standard InChI is InChI=1S/C17H23N3O3/c1-17(2,3)23-16(22)19-7-4-13(5-8-19)12-20-9-6-14(11-18)10-15(20)21/h6,9-10,13H,4-5,7-8,12H2,1-3H3. The molecule has 23 heavy (non-hydrogen) atoms. The number of hydrogen-bond donors (Lipinski definition) is 0. The van der Waals surface area contributed by atoms with Crippen molar-refractivity contribution in [2.75, 3.05) is 13.1 Å². The molecule has 0 atom stereocenters. The summed E-state index contributed by atoms with van der Waals surface area (Å²) in [5.74, 6) is 0.347. The first-order valence-corrected chi connectivity index (χ1v) is 7.87. The number of likely N-dealkylation sites (tertiary alicyclic amines) is 1. The van der Waals surface area contributed by atoms with E-state index >= 15 is 0 Å². The van der Waals surface area contributed by atoms with Crippen LogP contribution in [0.5, 0.6) is 0 Å². The number of hydrogen-bond acceptors (Lipinski definition) is 4. The molecular formula is C17H23N3O3. The van der Waals surface area contributed by atoms with Gasteiger partial charge < -0.3 is 14.2 Å². The fraction of sp³-hybridized carbons (Fsp3) is 0.588. The van der Waals surface area contributed by atoms with Crippen molar-refractivity contribution in [3.8, 4) is 6.07 Å². The molecule has 0 aromatic carbocycles. The molecule has 0 aliphatic carbocycles. The molecule has 1 fully saturated rings. The Morgan fingerprint density at radius 3 is 2.57 bits per heavy atom. The SMILES string of the molecule is CC(C)(C)OC(=O)N1CCC(Cn2ccc(C#N)cc2=O)CC1. The van der Waals surface area contributed by atoms with Crippen molar-refractivity contribution in [3.05, 3.63) is 34.2 Å². The van der Waals surface area contributed by atoms with Gasteiger partial charge in [-0.1, -0.05) is 0 Å². The van der Waals surface area contributed by atoms with E-state index in [1.165, 1.54) is 6.07 Å². The van der Waals surface area contributed by atoms with Crippen LogP contribution in [0.25, 0.3) is 0 Å². The molecule has 124 valence electrons. The van der Waals surface area contributed by atoms with Gasteiger partial charge in [-0.25, -0.2) is 4.79 Å². The first-order valence-electron chi connectivity index (χ1n) is 7.87. The summed E-state index contributed by atoms with van der Waals surface area (Å²) in [7, 11) is 0. The van der Waals surface area contributed by atoms with Crippen molar-refractivity contribution in [1.82, 2.24) is 9.47 Å². The molecule has 1 amide bonds. The van der Waals surface area contributed by atoms with Crippen LogP contribution < -0.4 is 5.56 Å². The molecule has 1 saturated heterocycles. The zero-order chi connectivity index (χ0) is 17.0. The Morgan fingerprint density at radius 1 is 1.39 bits per heavy atom. The lowest BCUT2D eigenvalue weighted by molar-refractivity contribution is 0.0178. The molecule has 0 bridgehead atoms. The van der Waals surface area contributed by atoms with Gasteiger partial charge in [0.1, 0.15) is 5.60 Å². The number of ether oxygens (including phenoxy) is 1. The number of nitrogens with zero attached hydrogens (tertiary/aromatic N) is 3. The average molecular weight is 317 g/mol. The van der Waals surface area contributed by atoms with Crippen LogP contribution in [-0.2, 0) is 11.3 Å². The van der Waals surface area contributed by atoms with E-state index in [2.05, 4.69) is 0 Å². The number of pyridine rings is 1. The Hall–Kier alpha value is -2.29. The minimum Gasteiger partial charge on any atom is -0.444 e. The van der Waals surface area contributed by atoms with Crippen LogP contribution in [0.2, 0.25) is 0 Å². The van der Waals surface area contributed by atoms with Gasteiger partial charge in [-0.15, -0.1) is 0 Å². The lowest BCUT2D eigenvalue weighted by Crippen LogP contribution is -2.42. The van der Waals surface area contributed by atoms with E-state index in [-0.39, 0.29) is 11.7 Å². The van der Waals surface area contributed by atoms with Crippen molar-refractivity contribution >= 4 is 6.09 Å². The Bertz CT molecular complexity index is 659. The van der Waals surface area contributed by atoms with E-state index in [1.807, 2.05) is 26.8 Å². The van der Waals surface area contributed by atoms with Gasteiger partial charge in [-0.2, -0.15) is 5.26 Å². The zero-order valence-corrected chi connectivity index (χ0v) is 13.9. The molecule has 2 rings (SSSR count). The maximum absolute atomic E-state index is 12.0. The molecule has 2 heterocycles. The van der Waals surface area contributed by atoms with Crippen LogP contribution in [0.15, 0.2) is 23.1 Å². The van der Waals surface area contributed by atoms with Crippen LogP contribution in [0.1, 0.15) is 39.2 Å². The van der Waals surface area contributed by atoms with Crippen molar-refractivity contribution in [3.63, 3.8) is 0 Å². The summed E-state index contributed by atoms with van der Waals surface area (Å²) in [5.41, 5.74) is -0.256. The molecule has 1 aromatic rings. The smallest absolute Gasteiger partial charge is 0.410 e. The number of carbonyl (C=O) groups excluding carboxylic acids is 1. The molecule has 6 nitrogen and oxygen atoms in total. The topological polar surface area (TPSA) is 75.3 Å². The quantitative estimate of drug-likeness (QED) is 0.839. The first-order chi connectivity index (χ1) is 10.8. The van der Waals surface area contributed by atoms with E-state index in [9.17, 15) is 9.59 Å². The molecule has 0 spiro atoms. The van der Waals surface area contributed by atoms with Crippen molar-refractivity contribution in [2.45, 2.75) is 45.8 Å². The van der Waals surface area contributed by atoms with Crippen molar-refractivity contribution in [1.29, 1.82) is 5.26 Å². The lowest BCUT2D eigenvalue weighted by Gasteiger charge is -2.33. The van der Waals surface area contributed by atoms with E-state index in [1.54, 1.807) is 21.7 Å². The van der Waals surface area contributed by atoms with Gasteiger partial charge in [0.2, 0.25) is 0 Å². The second-order valence-corrected chi connectivity index (χ2v) is 6.93. The maximum Gasteiger partial charge on any atom is 0.410 e. The molecule has 0 saturated carbocycles. The summed E-state index contributed by atoms with van der Waals surface area (Å²) in [6.45, 7) is 7.47. The minimum absolute atomic E-state index is 0.154. The third-order valence-corrected chi connectivity index (χ3v) is 3.85. The molecule has 1 aromatic heterocycles. The number of rotatable bonds is 2. The minimum atomic E-state index is -0.482. The van der Waals surface area contributed by atoms with E-state index in [4.69, 9.17) is 10.00 Å². The highest BCUT2D eigenvalue weighted by Gasteiger charge is 2.27. The van der Waals surface area contributed by atoms with Gasteiger partial charge in [0.15, 0.2) is 0 Å². The van der Waals surface area contributed by atoms with Gasteiger partial charge in [-0.05, 0) is 45.6 Å².